The Labute approximate surface area is 180 Å². The van der Waals surface area contributed by atoms with Gasteiger partial charge in [-0.05, 0) is 64.4 Å². The molecule has 0 aliphatic carbocycles. The lowest BCUT2D eigenvalue weighted by molar-refractivity contribution is 0.0529. The fraction of sp³-hybridized carbons (Fsp3) is 0.636. The van der Waals surface area contributed by atoms with Crippen LogP contribution in [0.1, 0.15) is 45.2 Å². The van der Waals surface area contributed by atoms with Crippen LogP contribution < -0.4 is 20.7 Å². The van der Waals surface area contributed by atoms with Gasteiger partial charge in [0, 0.05) is 26.7 Å². The molecule has 1 aromatic rings. The van der Waals surface area contributed by atoms with Crippen molar-refractivity contribution in [3.63, 3.8) is 0 Å². The van der Waals surface area contributed by atoms with Gasteiger partial charge in [0.05, 0.1) is 13.2 Å². The van der Waals surface area contributed by atoms with Gasteiger partial charge in [0.25, 0.3) is 0 Å². The van der Waals surface area contributed by atoms with Crippen molar-refractivity contribution in [3.05, 3.63) is 29.8 Å². The van der Waals surface area contributed by atoms with E-state index >= 15 is 0 Å². The van der Waals surface area contributed by atoms with E-state index in [1.165, 1.54) is 18.4 Å². The Bertz CT molecular complexity index is 679. The van der Waals surface area contributed by atoms with Gasteiger partial charge in [-0.2, -0.15) is 0 Å². The van der Waals surface area contributed by atoms with Gasteiger partial charge in [0.1, 0.15) is 11.4 Å². The van der Waals surface area contributed by atoms with E-state index in [-0.39, 0.29) is 6.04 Å². The fourth-order valence-corrected chi connectivity index (χ4v) is 3.41. The first-order valence-corrected chi connectivity index (χ1v) is 10.6. The van der Waals surface area contributed by atoms with Crippen LogP contribution in [-0.4, -0.2) is 69.4 Å². The van der Waals surface area contributed by atoms with E-state index in [0.717, 1.165) is 25.4 Å². The number of rotatable bonds is 8. The van der Waals surface area contributed by atoms with Crippen LogP contribution in [0.5, 0.6) is 5.75 Å². The predicted molar refractivity (Wildman–Crippen MR) is 120 cm³/mol. The average molecular weight is 420 g/mol. The summed E-state index contributed by atoms with van der Waals surface area (Å²) in [5, 5.41) is 9.39. The summed E-state index contributed by atoms with van der Waals surface area (Å²) in [5.41, 5.74) is 0.758. The number of benzene rings is 1. The van der Waals surface area contributed by atoms with Crippen LogP contribution in [0.25, 0.3) is 0 Å². The Morgan fingerprint density at radius 1 is 1.10 bits per heavy atom. The maximum Gasteiger partial charge on any atom is 0.407 e. The minimum absolute atomic E-state index is 0.261. The summed E-state index contributed by atoms with van der Waals surface area (Å²) in [6.07, 6.45) is 2.05. The lowest BCUT2D eigenvalue weighted by atomic mass is 10.1. The molecular weight excluding hydrogens is 382 g/mol. The number of likely N-dealkylation sites (tertiary alicyclic amines) is 1. The highest BCUT2D eigenvalue weighted by atomic mass is 16.6. The van der Waals surface area contributed by atoms with Crippen molar-refractivity contribution in [3.8, 4) is 5.75 Å². The number of carbonyl (C=O) groups excluding carboxylic acids is 1. The number of aliphatic imine (C=N–C) groups is 1. The third kappa shape index (κ3) is 8.10. The van der Waals surface area contributed by atoms with Gasteiger partial charge in [-0.15, -0.1) is 0 Å². The number of ether oxygens (including phenoxy) is 2. The molecule has 0 radical (unpaired) electrons. The first-order valence-electron chi connectivity index (χ1n) is 10.6. The average Bonchev–Trinajstić information content (AvgIpc) is 3.23. The molecule has 1 aromatic carbocycles. The SMILES string of the molecule is CN=C(NCCNC(=O)OC(C)(C)C)NCC(c1ccc(OC)cc1)N1CCCC1. The molecule has 1 fully saturated rings. The van der Waals surface area contributed by atoms with Crippen LogP contribution in [0.3, 0.4) is 0 Å². The largest absolute Gasteiger partial charge is 0.497 e. The fourth-order valence-electron chi connectivity index (χ4n) is 3.41. The number of methoxy groups -OCH3 is 1. The summed E-state index contributed by atoms with van der Waals surface area (Å²) in [6, 6.07) is 8.54. The van der Waals surface area contributed by atoms with Crippen LogP contribution in [0.15, 0.2) is 29.3 Å². The van der Waals surface area contributed by atoms with Gasteiger partial charge in [-0.3, -0.25) is 9.89 Å². The molecule has 168 valence electrons. The molecule has 1 saturated heterocycles. The topological polar surface area (TPSA) is 87.2 Å². The molecule has 0 spiro atoms. The number of carbonyl (C=O) groups is 1. The van der Waals surface area contributed by atoms with Gasteiger partial charge >= 0.3 is 6.09 Å². The smallest absolute Gasteiger partial charge is 0.407 e. The maximum absolute atomic E-state index is 11.7. The quantitative estimate of drug-likeness (QED) is 0.341. The number of nitrogens with one attached hydrogen (secondary N) is 3. The normalized spacial score (nSPS) is 16.1. The number of amides is 1. The highest BCUT2D eigenvalue weighted by molar-refractivity contribution is 5.79. The Morgan fingerprint density at radius 3 is 2.30 bits per heavy atom. The molecule has 0 aromatic heterocycles. The molecule has 1 aliphatic rings. The molecule has 1 atom stereocenters. The first kappa shape index (κ1) is 23.8. The second-order valence-corrected chi connectivity index (χ2v) is 8.34. The zero-order valence-corrected chi connectivity index (χ0v) is 19.0. The third-order valence-electron chi connectivity index (χ3n) is 4.85. The number of hydrogen-bond donors (Lipinski definition) is 3. The molecule has 1 aliphatic heterocycles. The Morgan fingerprint density at radius 2 is 1.73 bits per heavy atom. The molecule has 0 saturated carbocycles. The number of hydrogen-bond acceptors (Lipinski definition) is 5. The number of guanidine groups is 1. The highest BCUT2D eigenvalue weighted by Crippen LogP contribution is 2.26. The van der Waals surface area contributed by atoms with Crippen molar-refractivity contribution in [1.29, 1.82) is 0 Å². The van der Waals surface area contributed by atoms with Crippen LogP contribution in [0, 0.1) is 0 Å². The highest BCUT2D eigenvalue weighted by Gasteiger charge is 2.23. The van der Waals surface area contributed by atoms with Crippen LogP contribution in [0.2, 0.25) is 0 Å². The summed E-state index contributed by atoms with van der Waals surface area (Å²) >= 11 is 0. The summed E-state index contributed by atoms with van der Waals surface area (Å²) in [4.78, 5) is 18.5. The van der Waals surface area contributed by atoms with Crippen molar-refractivity contribution in [2.45, 2.75) is 45.3 Å². The van der Waals surface area contributed by atoms with Gasteiger partial charge in [-0.1, -0.05) is 12.1 Å². The standard InChI is InChI=1S/C22H37N5O3/c1-22(2,3)30-21(28)25-13-12-24-20(23-4)26-16-19(27-14-6-7-15-27)17-8-10-18(29-5)11-9-17/h8-11,19H,6-7,12-16H2,1-5H3,(H,25,28)(H2,23,24,26). The Balaban J connectivity index is 1.84. The summed E-state index contributed by atoms with van der Waals surface area (Å²) in [7, 11) is 3.43. The summed E-state index contributed by atoms with van der Waals surface area (Å²) < 4.78 is 10.5. The lowest BCUT2D eigenvalue weighted by Gasteiger charge is -2.29. The monoisotopic (exact) mass is 419 g/mol. The van der Waals surface area contributed by atoms with Crippen molar-refractivity contribution in [2.24, 2.45) is 4.99 Å². The zero-order chi connectivity index (χ0) is 22.0. The molecule has 0 bridgehead atoms. The van der Waals surface area contributed by atoms with Crippen molar-refractivity contribution in [1.82, 2.24) is 20.9 Å². The summed E-state index contributed by atoms with van der Waals surface area (Å²) in [5.74, 6) is 1.57. The van der Waals surface area contributed by atoms with E-state index in [1.807, 2.05) is 32.9 Å². The minimum Gasteiger partial charge on any atom is -0.497 e. The van der Waals surface area contributed by atoms with Gasteiger partial charge in [-0.25, -0.2) is 4.79 Å². The minimum atomic E-state index is -0.499. The van der Waals surface area contributed by atoms with Gasteiger partial charge in [0.2, 0.25) is 0 Å². The Hall–Kier alpha value is -2.48. The second-order valence-electron chi connectivity index (χ2n) is 8.34. The van der Waals surface area contributed by atoms with E-state index in [1.54, 1.807) is 14.2 Å². The van der Waals surface area contributed by atoms with E-state index in [4.69, 9.17) is 9.47 Å². The van der Waals surface area contributed by atoms with Crippen molar-refractivity contribution >= 4 is 12.1 Å². The number of nitrogens with zero attached hydrogens (tertiary/aromatic N) is 2. The molecule has 8 heteroatoms. The molecule has 8 nitrogen and oxygen atoms in total. The zero-order valence-electron chi connectivity index (χ0n) is 19.0. The van der Waals surface area contributed by atoms with Gasteiger partial charge < -0.3 is 25.4 Å². The predicted octanol–water partition coefficient (Wildman–Crippen LogP) is 2.52. The first-order chi connectivity index (χ1) is 14.3. The van der Waals surface area contributed by atoms with Crippen LogP contribution in [-0.2, 0) is 4.74 Å². The third-order valence-corrected chi connectivity index (χ3v) is 4.85. The maximum atomic E-state index is 11.7. The molecule has 1 heterocycles. The molecule has 2 rings (SSSR count). The van der Waals surface area contributed by atoms with E-state index in [9.17, 15) is 4.79 Å². The molecular formula is C22H37N5O3. The molecule has 1 unspecified atom stereocenters. The van der Waals surface area contributed by atoms with E-state index < -0.39 is 11.7 Å². The molecule has 1 amide bonds. The van der Waals surface area contributed by atoms with Crippen molar-refractivity contribution < 1.29 is 14.3 Å². The van der Waals surface area contributed by atoms with Crippen molar-refractivity contribution in [2.75, 3.05) is 46.9 Å². The molecule has 3 N–H and O–H groups in total. The number of alkyl carbamates (subject to hydrolysis) is 1. The van der Waals surface area contributed by atoms with Crippen LogP contribution >= 0.6 is 0 Å². The second kappa shape index (κ2) is 11.6. The van der Waals surface area contributed by atoms with E-state index in [0.29, 0.717) is 19.0 Å². The van der Waals surface area contributed by atoms with Gasteiger partial charge in [0.15, 0.2) is 5.96 Å². The molecule has 30 heavy (non-hydrogen) atoms. The Kier molecular flexibility index (Phi) is 9.23. The lowest BCUT2D eigenvalue weighted by Crippen LogP contribution is -2.45. The summed E-state index contributed by atoms with van der Waals surface area (Å²) in [6.45, 7) is 9.47. The van der Waals surface area contributed by atoms with Crippen LogP contribution in [0.4, 0.5) is 4.79 Å². The van der Waals surface area contributed by atoms with E-state index in [2.05, 4.69) is 38.0 Å².